The van der Waals surface area contributed by atoms with Crippen LogP contribution in [0.3, 0.4) is 0 Å². The standard InChI is InChI=1S/C22H19FN4O3/c1-13-12-19(28)20(26-27(13)16-9-7-15(23)8-10-16)22(30)25-18-11-6-14-4-2-3-5-17(14)24-21(18)29/h2-5,7-10,12,18H,6,11H2,1H3,(H,24,29)(H,25,30). The number of carbonyl (C=O) groups is 2. The van der Waals surface area contributed by atoms with Gasteiger partial charge in [-0.3, -0.25) is 14.4 Å². The lowest BCUT2D eigenvalue weighted by molar-refractivity contribution is -0.118. The number of hydrogen-bond donors (Lipinski definition) is 2. The Morgan fingerprint density at radius 2 is 1.90 bits per heavy atom. The molecule has 1 aliphatic rings. The lowest BCUT2D eigenvalue weighted by Gasteiger charge is -2.16. The smallest absolute Gasteiger partial charge is 0.276 e. The van der Waals surface area contributed by atoms with Gasteiger partial charge < -0.3 is 10.6 Å². The number of aromatic nitrogens is 2. The minimum absolute atomic E-state index is 0.334. The second-order valence-electron chi connectivity index (χ2n) is 7.10. The molecule has 2 N–H and O–H groups in total. The first kappa shape index (κ1) is 19.5. The topological polar surface area (TPSA) is 93.1 Å². The van der Waals surface area contributed by atoms with Crippen molar-refractivity contribution in [2.45, 2.75) is 25.8 Å². The number of carbonyl (C=O) groups excluding carboxylic acids is 2. The van der Waals surface area contributed by atoms with Gasteiger partial charge in [-0.15, -0.1) is 0 Å². The summed E-state index contributed by atoms with van der Waals surface area (Å²) in [6, 6.07) is 13.5. The highest BCUT2D eigenvalue weighted by Gasteiger charge is 2.27. The van der Waals surface area contributed by atoms with Crippen LogP contribution >= 0.6 is 0 Å². The molecule has 0 fully saturated rings. The molecule has 2 amide bonds. The van der Waals surface area contributed by atoms with Crippen LogP contribution in [0.25, 0.3) is 5.69 Å². The second-order valence-corrected chi connectivity index (χ2v) is 7.10. The fraction of sp³-hybridized carbons (Fsp3) is 0.182. The summed E-state index contributed by atoms with van der Waals surface area (Å²) in [6.07, 6.45) is 0.994. The average molecular weight is 406 g/mol. The van der Waals surface area contributed by atoms with Crippen molar-refractivity contribution in [2.75, 3.05) is 5.32 Å². The molecule has 3 aromatic rings. The molecule has 0 radical (unpaired) electrons. The summed E-state index contributed by atoms with van der Waals surface area (Å²) in [4.78, 5) is 37.7. The molecule has 8 heteroatoms. The van der Waals surface area contributed by atoms with Crippen LogP contribution in [0, 0.1) is 12.7 Å². The molecule has 0 saturated heterocycles. The number of para-hydroxylation sites is 1. The quantitative estimate of drug-likeness (QED) is 0.698. The van der Waals surface area contributed by atoms with Crippen LogP contribution in [0.4, 0.5) is 10.1 Å². The first-order valence-electron chi connectivity index (χ1n) is 9.49. The van der Waals surface area contributed by atoms with Crippen LogP contribution in [0.1, 0.15) is 28.2 Å². The van der Waals surface area contributed by atoms with Gasteiger partial charge >= 0.3 is 0 Å². The Morgan fingerprint density at radius 3 is 2.67 bits per heavy atom. The van der Waals surface area contributed by atoms with E-state index in [1.165, 1.54) is 35.0 Å². The van der Waals surface area contributed by atoms with Crippen molar-refractivity contribution in [3.05, 3.63) is 87.6 Å². The van der Waals surface area contributed by atoms with Crippen LogP contribution in [-0.2, 0) is 11.2 Å². The fourth-order valence-corrected chi connectivity index (χ4v) is 3.42. The predicted octanol–water partition coefficient (Wildman–Crippen LogP) is 2.36. The van der Waals surface area contributed by atoms with Crippen molar-refractivity contribution in [3.63, 3.8) is 0 Å². The molecular formula is C22H19FN4O3. The number of hydrogen-bond acceptors (Lipinski definition) is 4. The van der Waals surface area contributed by atoms with Gasteiger partial charge in [0.1, 0.15) is 11.9 Å². The molecule has 4 rings (SSSR count). The third kappa shape index (κ3) is 3.84. The van der Waals surface area contributed by atoms with E-state index in [9.17, 15) is 18.8 Å². The SMILES string of the molecule is Cc1cc(=O)c(C(=O)NC2CCc3ccccc3NC2=O)nn1-c1ccc(F)cc1. The second kappa shape index (κ2) is 7.90. The average Bonchev–Trinajstić information content (AvgIpc) is 2.87. The fourth-order valence-electron chi connectivity index (χ4n) is 3.42. The van der Waals surface area contributed by atoms with Crippen molar-refractivity contribution in [1.82, 2.24) is 15.1 Å². The molecule has 1 atom stereocenters. The van der Waals surface area contributed by atoms with Crippen LogP contribution in [0.2, 0.25) is 0 Å². The van der Waals surface area contributed by atoms with E-state index in [0.29, 0.717) is 29.9 Å². The van der Waals surface area contributed by atoms with Crippen molar-refractivity contribution in [2.24, 2.45) is 0 Å². The van der Waals surface area contributed by atoms with Gasteiger partial charge in [0, 0.05) is 17.4 Å². The van der Waals surface area contributed by atoms with Gasteiger partial charge in [-0.25, -0.2) is 9.07 Å². The Morgan fingerprint density at radius 1 is 1.17 bits per heavy atom. The molecule has 1 unspecified atom stereocenters. The van der Waals surface area contributed by atoms with E-state index in [4.69, 9.17) is 0 Å². The largest absolute Gasteiger partial charge is 0.339 e. The zero-order valence-corrected chi connectivity index (χ0v) is 16.2. The van der Waals surface area contributed by atoms with E-state index in [1.807, 2.05) is 18.2 Å². The molecule has 0 spiro atoms. The van der Waals surface area contributed by atoms with Gasteiger partial charge in [-0.2, -0.15) is 5.10 Å². The highest BCUT2D eigenvalue weighted by molar-refractivity contribution is 6.01. The van der Waals surface area contributed by atoms with Gasteiger partial charge in [0.25, 0.3) is 5.91 Å². The maximum atomic E-state index is 13.2. The Hall–Kier alpha value is -3.81. The van der Waals surface area contributed by atoms with E-state index in [0.717, 1.165) is 5.56 Å². The molecule has 1 aliphatic heterocycles. The van der Waals surface area contributed by atoms with Crippen molar-refractivity contribution in [3.8, 4) is 5.69 Å². The number of fused-ring (bicyclic) bond motifs is 1. The van der Waals surface area contributed by atoms with E-state index in [-0.39, 0.29) is 11.6 Å². The Bertz CT molecular complexity index is 1190. The molecule has 0 saturated carbocycles. The molecule has 7 nitrogen and oxygen atoms in total. The van der Waals surface area contributed by atoms with E-state index >= 15 is 0 Å². The molecule has 2 heterocycles. The number of nitrogens with one attached hydrogen (secondary N) is 2. The summed E-state index contributed by atoms with van der Waals surface area (Å²) in [6.45, 7) is 1.66. The van der Waals surface area contributed by atoms with Gasteiger partial charge in [0.15, 0.2) is 5.69 Å². The predicted molar refractivity (Wildman–Crippen MR) is 109 cm³/mol. The third-order valence-corrected chi connectivity index (χ3v) is 4.99. The van der Waals surface area contributed by atoms with Crippen molar-refractivity contribution < 1.29 is 14.0 Å². The van der Waals surface area contributed by atoms with Crippen LogP contribution in [0.15, 0.2) is 59.4 Å². The summed E-state index contributed by atoms with van der Waals surface area (Å²) in [7, 11) is 0. The van der Waals surface area contributed by atoms with Crippen LogP contribution in [-0.4, -0.2) is 27.6 Å². The maximum Gasteiger partial charge on any atom is 0.276 e. The molecule has 0 aliphatic carbocycles. The van der Waals surface area contributed by atoms with E-state index < -0.39 is 23.2 Å². The van der Waals surface area contributed by atoms with E-state index in [2.05, 4.69) is 15.7 Å². The summed E-state index contributed by atoms with van der Waals surface area (Å²) >= 11 is 0. The van der Waals surface area contributed by atoms with Gasteiger partial charge in [0.05, 0.1) is 5.69 Å². The van der Waals surface area contributed by atoms with Gasteiger partial charge in [-0.05, 0) is 55.7 Å². The molecule has 1 aromatic heterocycles. The normalized spacial score (nSPS) is 15.7. The monoisotopic (exact) mass is 406 g/mol. The number of nitrogens with zero attached hydrogens (tertiary/aromatic N) is 2. The summed E-state index contributed by atoms with van der Waals surface area (Å²) in [5, 5.41) is 9.59. The Labute approximate surface area is 171 Å². The zero-order valence-electron chi connectivity index (χ0n) is 16.2. The lowest BCUT2D eigenvalue weighted by atomic mass is 10.1. The van der Waals surface area contributed by atoms with Crippen molar-refractivity contribution in [1.29, 1.82) is 0 Å². The first-order chi connectivity index (χ1) is 14.4. The molecular weight excluding hydrogens is 387 g/mol. The van der Waals surface area contributed by atoms with Gasteiger partial charge in [0.2, 0.25) is 11.3 Å². The highest BCUT2D eigenvalue weighted by Crippen LogP contribution is 2.21. The first-order valence-corrected chi connectivity index (χ1v) is 9.49. The highest BCUT2D eigenvalue weighted by atomic mass is 19.1. The minimum atomic E-state index is -0.799. The molecule has 30 heavy (non-hydrogen) atoms. The zero-order chi connectivity index (χ0) is 21.3. The van der Waals surface area contributed by atoms with Crippen LogP contribution in [0.5, 0.6) is 0 Å². The van der Waals surface area contributed by atoms with Gasteiger partial charge in [-0.1, -0.05) is 18.2 Å². The summed E-state index contributed by atoms with van der Waals surface area (Å²) in [5.74, 6) is -1.49. The number of halogens is 1. The Kier molecular flexibility index (Phi) is 5.14. The lowest BCUT2D eigenvalue weighted by Crippen LogP contribution is -2.45. The number of amides is 2. The van der Waals surface area contributed by atoms with Crippen LogP contribution < -0.4 is 16.1 Å². The van der Waals surface area contributed by atoms with E-state index in [1.54, 1.807) is 13.0 Å². The number of aryl methyl sites for hydroxylation is 2. The number of anilines is 1. The molecule has 2 aromatic carbocycles. The Balaban J connectivity index is 1.59. The number of rotatable bonds is 3. The molecule has 0 bridgehead atoms. The molecule has 152 valence electrons. The third-order valence-electron chi connectivity index (χ3n) is 4.99. The van der Waals surface area contributed by atoms with Crippen molar-refractivity contribution >= 4 is 17.5 Å². The maximum absolute atomic E-state index is 13.2. The summed E-state index contributed by atoms with van der Waals surface area (Å²) in [5.41, 5.74) is 1.80. The summed E-state index contributed by atoms with van der Waals surface area (Å²) < 4.78 is 14.6. The minimum Gasteiger partial charge on any atom is -0.339 e. The number of benzene rings is 2.